The third-order valence-electron chi connectivity index (χ3n) is 4.03. The van der Waals surface area contributed by atoms with Crippen LogP contribution in [0.1, 0.15) is 35.1 Å². The monoisotopic (exact) mass is 315 g/mol. The van der Waals surface area contributed by atoms with Gasteiger partial charge in [0.15, 0.2) is 5.96 Å². The van der Waals surface area contributed by atoms with Gasteiger partial charge in [-0.05, 0) is 48.1 Å². The summed E-state index contributed by atoms with van der Waals surface area (Å²) < 4.78 is 25.0. The molecular formula is C18H19F2N3. The number of rotatable bonds is 4. The van der Waals surface area contributed by atoms with Gasteiger partial charge in [0.1, 0.15) is 0 Å². The summed E-state index contributed by atoms with van der Waals surface area (Å²) in [5.41, 5.74) is 10.5. The van der Waals surface area contributed by atoms with Gasteiger partial charge in [-0.25, -0.2) is 13.8 Å². The average Bonchev–Trinajstić information content (AvgIpc) is 3.01. The Hall–Kier alpha value is -2.43. The molecule has 0 saturated heterocycles. The van der Waals surface area contributed by atoms with Crippen molar-refractivity contribution in [1.82, 2.24) is 0 Å². The van der Waals surface area contributed by atoms with Gasteiger partial charge in [0.2, 0.25) is 0 Å². The first kappa shape index (κ1) is 15.5. The molecule has 1 aliphatic carbocycles. The highest BCUT2D eigenvalue weighted by molar-refractivity contribution is 5.92. The van der Waals surface area contributed by atoms with Crippen LogP contribution in [0.25, 0.3) is 0 Å². The second-order valence-corrected chi connectivity index (χ2v) is 5.71. The van der Waals surface area contributed by atoms with Gasteiger partial charge in [0.05, 0.1) is 6.54 Å². The van der Waals surface area contributed by atoms with Crippen LogP contribution in [0, 0.1) is 0 Å². The number of nitrogens with zero attached hydrogens (tertiary/aromatic N) is 1. The molecule has 0 aliphatic heterocycles. The van der Waals surface area contributed by atoms with Crippen molar-refractivity contribution < 1.29 is 8.78 Å². The summed E-state index contributed by atoms with van der Waals surface area (Å²) in [5, 5.41) is 3.08. The third kappa shape index (κ3) is 3.86. The summed E-state index contributed by atoms with van der Waals surface area (Å²) in [6.45, 7) is 0.354. The van der Waals surface area contributed by atoms with E-state index >= 15 is 0 Å². The lowest BCUT2D eigenvalue weighted by Gasteiger charge is -2.08. The quantitative estimate of drug-likeness (QED) is 0.661. The zero-order chi connectivity index (χ0) is 16.2. The lowest BCUT2D eigenvalue weighted by atomic mass is 10.1. The third-order valence-corrected chi connectivity index (χ3v) is 4.03. The van der Waals surface area contributed by atoms with Crippen molar-refractivity contribution in [3.8, 4) is 0 Å². The van der Waals surface area contributed by atoms with Crippen molar-refractivity contribution in [1.29, 1.82) is 0 Å². The Morgan fingerprint density at radius 2 is 1.83 bits per heavy atom. The van der Waals surface area contributed by atoms with Crippen LogP contribution in [0.3, 0.4) is 0 Å². The Bertz CT molecular complexity index is 709. The summed E-state index contributed by atoms with van der Waals surface area (Å²) in [6, 6.07) is 12.4. The predicted octanol–water partition coefficient (Wildman–Crippen LogP) is 4.04. The first-order valence-electron chi connectivity index (χ1n) is 7.67. The molecular weight excluding hydrogens is 296 g/mol. The molecule has 3 N–H and O–H groups in total. The number of guanidine groups is 1. The molecule has 0 saturated carbocycles. The zero-order valence-corrected chi connectivity index (χ0v) is 12.7. The van der Waals surface area contributed by atoms with E-state index < -0.39 is 6.43 Å². The first-order chi connectivity index (χ1) is 11.1. The Morgan fingerprint density at radius 1 is 1.09 bits per heavy atom. The fourth-order valence-electron chi connectivity index (χ4n) is 2.78. The Labute approximate surface area is 134 Å². The average molecular weight is 315 g/mol. The van der Waals surface area contributed by atoms with Crippen LogP contribution in [-0.4, -0.2) is 5.96 Å². The van der Waals surface area contributed by atoms with Gasteiger partial charge >= 0.3 is 0 Å². The van der Waals surface area contributed by atoms with E-state index in [0.717, 1.165) is 24.1 Å². The van der Waals surface area contributed by atoms with E-state index in [1.165, 1.54) is 29.7 Å². The highest BCUT2D eigenvalue weighted by atomic mass is 19.3. The number of halogens is 2. The van der Waals surface area contributed by atoms with Gasteiger partial charge in [0, 0.05) is 11.3 Å². The second kappa shape index (κ2) is 6.77. The fourth-order valence-corrected chi connectivity index (χ4v) is 2.78. The number of hydrogen-bond donors (Lipinski definition) is 2. The number of aryl methyl sites for hydroxylation is 2. The highest BCUT2D eigenvalue weighted by Gasteiger charge is 2.11. The Balaban J connectivity index is 1.61. The first-order valence-corrected chi connectivity index (χ1v) is 7.67. The highest BCUT2D eigenvalue weighted by Crippen LogP contribution is 2.24. The van der Waals surface area contributed by atoms with Crippen molar-refractivity contribution in [2.45, 2.75) is 32.2 Å². The number of alkyl halides is 2. The molecule has 3 nitrogen and oxygen atoms in total. The Kier molecular flexibility index (Phi) is 4.55. The molecule has 0 fully saturated rings. The van der Waals surface area contributed by atoms with Crippen LogP contribution < -0.4 is 11.1 Å². The van der Waals surface area contributed by atoms with Crippen LogP contribution in [0.15, 0.2) is 47.5 Å². The predicted molar refractivity (Wildman–Crippen MR) is 88.8 cm³/mol. The molecule has 2 aromatic carbocycles. The zero-order valence-electron chi connectivity index (χ0n) is 12.7. The maximum Gasteiger partial charge on any atom is 0.263 e. The van der Waals surface area contributed by atoms with Gasteiger partial charge in [-0.3, -0.25) is 0 Å². The number of fused-ring (bicyclic) bond motifs is 1. The van der Waals surface area contributed by atoms with E-state index in [0.29, 0.717) is 12.5 Å². The molecule has 0 radical (unpaired) electrons. The minimum Gasteiger partial charge on any atom is -0.370 e. The van der Waals surface area contributed by atoms with Crippen molar-refractivity contribution in [2.75, 3.05) is 5.32 Å². The molecule has 0 atom stereocenters. The molecule has 5 heteroatoms. The van der Waals surface area contributed by atoms with E-state index in [4.69, 9.17) is 5.73 Å². The van der Waals surface area contributed by atoms with Crippen LogP contribution in [0.5, 0.6) is 0 Å². The number of benzene rings is 2. The molecule has 0 aromatic heterocycles. The Morgan fingerprint density at radius 3 is 2.57 bits per heavy atom. The summed E-state index contributed by atoms with van der Waals surface area (Å²) in [5.74, 6) is 0.320. The van der Waals surface area contributed by atoms with Crippen molar-refractivity contribution in [3.63, 3.8) is 0 Å². The van der Waals surface area contributed by atoms with E-state index in [-0.39, 0.29) is 5.56 Å². The maximum absolute atomic E-state index is 12.5. The maximum atomic E-state index is 12.5. The smallest absolute Gasteiger partial charge is 0.263 e. The number of hydrogen-bond acceptors (Lipinski definition) is 1. The number of aliphatic imine (C=N–C) groups is 1. The van der Waals surface area contributed by atoms with E-state index in [9.17, 15) is 8.78 Å². The van der Waals surface area contributed by atoms with Crippen molar-refractivity contribution in [2.24, 2.45) is 10.7 Å². The van der Waals surface area contributed by atoms with Gasteiger partial charge in [-0.1, -0.05) is 30.3 Å². The van der Waals surface area contributed by atoms with Gasteiger partial charge < -0.3 is 11.1 Å². The van der Waals surface area contributed by atoms with Crippen LogP contribution in [0.2, 0.25) is 0 Å². The molecule has 0 bridgehead atoms. The summed E-state index contributed by atoms with van der Waals surface area (Å²) in [6.07, 6.45) is 1.02. The normalized spacial score (nSPS) is 14.1. The minimum atomic E-state index is -2.45. The lowest BCUT2D eigenvalue weighted by Crippen LogP contribution is -2.22. The van der Waals surface area contributed by atoms with E-state index in [1.807, 2.05) is 6.07 Å². The molecule has 0 amide bonds. The van der Waals surface area contributed by atoms with Crippen LogP contribution in [-0.2, 0) is 19.4 Å². The number of nitrogens with one attached hydrogen (secondary N) is 1. The molecule has 3 rings (SSSR count). The van der Waals surface area contributed by atoms with E-state index in [2.05, 4.69) is 22.4 Å². The molecule has 23 heavy (non-hydrogen) atoms. The number of anilines is 1. The van der Waals surface area contributed by atoms with Gasteiger partial charge in [-0.15, -0.1) is 0 Å². The fraction of sp³-hybridized carbons (Fsp3) is 0.278. The molecule has 1 aliphatic rings. The summed E-state index contributed by atoms with van der Waals surface area (Å²) in [7, 11) is 0. The molecule has 0 unspecified atom stereocenters. The second-order valence-electron chi connectivity index (χ2n) is 5.71. The summed E-state index contributed by atoms with van der Waals surface area (Å²) in [4.78, 5) is 4.25. The lowest BCUT2D eigenvalue weighted by molar-refractivity contribution is 0.151. The molecule has 0 spiro atoms. The minimum absolute atomic E-state index is 0.0157. The topological polar surface area (TPSA) is 50.4 Å². The largest absolute Gasteiger partial charge is 0.370 e. The molecule has 0 heterocycles. The molecule has 2 aromatic rings. The molecule has 120 valence electrons. The standard InChI is InChI=1S/C18H19F2N3/c19-17(20)14-6-4-12(5-7-14)11-22-18(21)23-16-9-8-13-2-1-3-15(13)10-16/h4-10,17H,1-3,11H2,(H3,21,22,23). The van der Waals surface area contributed by atoms with Crippen LogP contribution in [0.4, 0.5) is 14.5 Å². The van der Waals surface area contributed by atoms with E-state index in [1.54, 1.807) is 12.1 Å². The van der Waals surface area contributed by atoms with Gasteiger partial charge in [0.25, 0.3) is 6.43 Å². The van der Waals surface area contributed by atoms with Gasteiger partial charge in [-0.2, -0.15) is 0 Å². The SMILES string of the molecule is NC(=NCc1ccc(C(F)F)cc1)Nc1ccc2c(c1)CCC2. The van der Waals surface area contributed by atoms with Crippen LogP contribution >= 0.6 is 0 Å². The number of nitrogens with two attached hydrogens (primary N) is 1. The van der Waals surface area contributed by atoms with Crippen molar-refractivity contribution >= 4 is 11.6 Å². The summed E-state index contributed by atoms with van der Waals surface area (Å²) >= 11 is 0. The van der Waals surface area contributed by atoms with Crippen molar-refractivity contribution in [3.05, 3.63) is 64.7 Å².